The molecule has 0 aromatic carbocycles. The van der Waals surface area contributed by atoms with E-state index in [2.05, 4.69) is 13.8 Å². The van der Waals surface area contributed by atoms with E-state index in [0.717, 1.165) is 6.42 Å². The zero-order valence-electron chi connectivity index (χ0n) is 8.27. The summed E-state index contributed by atoms with van der Waals surface area (Å²) in [4.78, 5) is 0. The largest absolute Gasteiger partial charge is 3.00 e. The molecule has 0 amide bonds. The van der Waals surface area contributed by atoms with Crippen LogP contribution in [0, 0.1) is 5.92 Å². The first-order valence-corrected chi connectivity index (χ1v) is 3.96. The van der Waals surface area contributed by atoms with E-state index < -0.39 is 0 Å². The maximum Gasteiger partial charge on any atom is 3.00 e. The topological polar surface area (TPSA) is 20.2 Å². The van der Waals surface area contributed by atoms with Crippen molar-refractivity contribution in [2.24, 2.45) is 5.92 Å². The van der Waals surface area contributed by atoms with Crippen molar-refractivity contribution in [3.63, 3.8) is 0 Å². The molecule has 0 fully saturated rings. The van der Waals surface area contributed by atoms with E-state index in [0.29, 0.717) is 12.5 Å². The van der Waals surface area contributed by atoms with E-state index >= 15 is 0 Å². The van der Waals surface area contributed by atoms with Gasteiger partial charge in [-0.3, -0.25) is 0 Å². The van der Waals surface area contributed by atoms with E-state index in [-0.39, 0.29) is 54.6 Å². The van der Waals surface area contributed by atoms with Crippen LogP contribution in [0.15, 0.2) is 0 Å². The molecule has 0 aliphatic carbocycles. The number of rotatable bonds is 5. The summed E-state index contributed by atoms with van der Waals surface area (Å²) < 4.78 is 0. The molecule has 1 unspecified atom stereocenters. The SMILES string of the molecule is CCCCC(CC)CO.[Al+3].[Cl-].[Cl-].[Cl-]. The average molecular weight is 264 g/mol. The molecule has 1 N–H and O–H groups in total. The summed E-state index contributed by atoms with van der Waals surface area (Å²) in [6.07, 6.45) is 4.83. The fourth-order valence-electron chi connectivity index (χ4n) is 0.917. The van der Waals surface area contributed by atoms with Gasteiger partial charge in [-0.2, -0.15) is 0 Å². The van der Waals surface area contributed by atoms with Crippen molar-refractivity contribution in [2.75, 3.05) is 6.61 Å². The Bertz CT molecular complexity index is 63.4. The Balaban J connectivity index is -0.0000000533. The Kier molecular flexibility index (Phi) is 52.4. The third-order valence-electron chi connectivity index (χ3n) is 1.80. The second-order valence-corrected chi connectivity index (χ2v) is 2.60. The molecule has 1 nitrogen and oxygen atoms in total. The van der Waals surface area contributed by atoms with Crippen LogP contribution in [0.25, 0.3) is 0 Å². The van der Waals surface area contributed by atoms with Gasteiger partial charge in [-0.05, 0) is 12.3 Å². The van der Waals surface area contributed by atoms with Crippen LogP contribution in [0.5, 0.6) is 0 Å². The molecule has 0 heterocycles. The van der Waals surface area contributed by atoms with Gasteiger partial charge in [0.05, 0.1) is 0 Å². The third kappa shape index (κ3) is 19.7. The molecular weight excluding hydrogens is 245 g/mol. The smallest absolute Gasteiger partial charge is 1.00 e. The molecule has 1 atom stereocenters. The van der Waals surface area contributed by atoms with E-state index in [4.69, 9.17) is 5.11 Å². The van der Waals surface area contributed by atoms with E-state index in [1.54, 1.807) is 0 Å². The van der Waals surface area contributed by atoms with Crippen LogP contribution in [0.2, 0.25) is 0 Å². The maximum absolute atomic E-state index is 8.75. The van der Waals surface area contributed by atoms with Crippen molar-refractivity contribution in [1.82, 2.24) is 0 Å². The van der Waals surface area contributed by atoms with Crippen molar-refractivity contribution in [2.45, 2.75) is 39.5 Å². The fraction of sp³-hybridized carbons (Fsp3) is 1.00. The standard InChI is InChI=1S/C8H18O.Al.3ClH/c1-3-5-6-8(4-2)7-9;;;;/h8-9H,3-7H2,1-2H3;;3*1H/q;+3;;;/p-3. The van der Waals surface area contributed by atoms with Gasteiger partial charge in [0.2, 0.25) is 0 Å². The normalized spacial score (nSPS) is 9.46. The first kappa shape index (κ1) is 29.3. The number of aliphatic hydroxyl groups is 1. The molecule has 0 aromatic rings. The molecule has 80 valence electrons. The van der Waals surface area contributed by atoms with Gasteiger partial charge in [-0.15, -0.1) is 0 Å². The first-order chi connectivity index (χ1) is 4.35. The number of hydrogen-bond donors (Lipinski definition) is 1. The van der Waals surface area contributed by atoms with Gasteiger partial charge in [0.1, 0.15) is 0 Å². The summed E-state index contributed by atoms with van der Waals surface area (Å²) in [5, 5.41) is 8.75. The van der Waals surface area contributed by atoms with E-state index in [1.807, 2.05) is 0 Å². The second-order valence-electron chi connectivity index (χ2n) is 2.60. The number of hydrogen-bond acceptors (Lipinski definition) is 1. The zero-order valence-corrected chi connectivity index (χ0v) is 11.7. The van der Waals surface area contributed by atoms with E-state index in [1.165, 1.54) is 19.3 Å². The van der Waals surface area contributed by atoms with Crippen molar-refractivity contribution < 1.29 is 42.3 Å². The quantitative estimate of drug-likeness (QED) is 0.489. The van der Waals surface area contributed by atoms with Gasteiger partial charge >= 0.3 is 17.4 Å². The van der Waals surface area contributed by atoms with Crippen LogP contribution in [-0.4, -0.2) is 29.1 Å². The molecule has 0 spiro atoms. The zero-order chi connectivity index (χ0) is 7.11. The van der Waals surface area contributed by atoms with E-state index in [9.17, 15) is 0 Å². The van der Waals surface area contributed by atoms with Gasteiger partial charge in [-0.1, -0.05) is 33.1 Å². The van der Waals surface area contributed by atoms with Gasteiger partial charge in [0, 0.05) is 6.61 Å². The number of halogens is 3. The van der Waals surface area contributed by atoms with Crippen molar-refractivity contribution >= 4 is 17.4 Å². The molecule has 0 saturated heterocycles. The predicted octanol–water partition coefficient (Wildman–Crippen LogP) is -7.17. The molecular formula is C8H18AlCl3O. The van der Waals surface area contributed by atoms with Crippen LogP contribution < -0.4 is 37.2 Å². The first-order valence-electron chi connectivity index (χ1n) is 3.96. The molecule has 13 heavy (non-hydrogen) atoms. The molecule has 0 rings (SSSR count). The molecule has 0 aliphatic rings. The number of aliphatic hydroxyl groups excluding tert-OH is 1. The second kappa shape index (κ2) is 23.3. The van der Waals surface area contributed by atoms with Crippen LogP contribution in [0.3, 0.4) is 0 Å². The monoisotopic (exact) mass is 262 g/mol. The Morgan fingerprint density at radius 1 is 1.08 bits per heavy atom. The minimum absolute atomic E-state index is 0. The molecule has 5 heteroatoms. The summed E-state index contributed by atoms with van der Waals surface area (Å²) in [7, 11) is 0. The number of unbranched alkanes of at least 4 members (excludes halogenated alkanes) is 1. The summed E-state index contributed by atoms with van der Waals surface area (Å²) >= 11 is 0. The Labute approximate surface area is 111 Å². The van der Waals surface area contributed by atoms with Crippen LogP contribution in [0.4, 0.5) is 0 Å². The molecule has 0 radical (unpaired) electrons. The molecule has 0 bridgehead atoms. The van der Waals surface area contributed by atoms with Crippen molar-refractivity contribution in [3.8, 4) is 0 Å². The Hall–Kier alpha value is 1.36. The average Bonchev–Trinajstić information content (AvgIpc) is 1.91. The summed E-state index contributed by atoms with van der Waals surface area (Å²) in [6, 6.07) is 0. The van der Waals surface area contributed by atoms with Gasteiger partial charge < -0.3 is 42.3 Å². The van der Waals surface area contributed by atoms with Gasteiger partial charge in [-0.25, -0.2) is 0 Å². The Morgan fingerprint density at radius 3 is 1.77 bits per heavy atom. The molecule has 0 aromatic heterocycles. The van der Waals surface area contributed by atoms with Crippen LogP contribution in [-0.2, 0) is 0 Å². The Morgan fingerprint density at radius 2 is 1.54 bits per heavy atom. The fourth-order valence-corrected chi connectivity index (χ4v) is 0.917. The van der Waals surface area contributed by atoms with Crippen LogP contribution in [0.1, 0.15) is 39.5 Å². The van der Waals surface area contributed by atoms with Crippen molar-refractivity contribution in [1.29, 1.82) is 0 Å². The predicted molar refractivity (Wildman–Crippen MR) is 46.1 cm³/mol. The van der Waals surface area contributed by atoms with Crippen molar-refractivity contribution in [3.05, 3.63) is 0 Å². The van der Waals surface area contributed by atoms with Crippen LogP contribution >= 0.6 is 0 Å². The minimum atomic E-state index is 0. The van der Waals surface area contributed by atoms with Gasteiger partial charge in [0.25, 0.3) is 0 Å². The minimum Gasteiger partial charge on any atom is -1.00 e. The summed E-state index contributed by atoms with van der Waals surface area (Å²) in [5.74, 6) is 0.560. The molecule has 0 aliphatic heterocycles. The van der Waals surface area contributed by atoms with Gasteiger partial charge in [0.15, 0.2) is 0 Å². The summed E-state index contributed by atoms with van der Waals surface area (Å²) in [6.45, 7) is 4.69. The third-order valence-corrected chi connectivity index (χ3v) is 1.80. The molecule has 0 saturated carbocycles. The summed E-state index contributed by atoms with van der Waals surface area (Å²) in [5.41, 5.74) is 0. The maximum atomic E-state index is 8.75.